The third kappa shape index (κ3) is 6.13. The smallest absolute Gasteiger partial charge is 0.247 e. The fourth-order valence-corrected chi connectivity index (χ4v) is 3.89. The lowest BCUT2D eigenvalue weighted by Gasteiger charge is -2.36. The summed E-state index contributed by atoms with van der Waals surface area (Å²) in [6.45, 7) is 7.32. The summed E-state index contributed by atoms with van der Waals surface area (Å²) in [6.07, 6.45) is 0.258. The lowest BCUT2D eigenvalue weighted by molar-refractivity contribution is -0.143. The molecule has 178 valence electrons. The lowest BCUT2D eigenvalue weighted by atomic mass is 9.85. The Bertz CT molecular complexity index is 844. The van der Waals surface area contributed by atoms with Gasteiger partial charge in [0.05, 0.1) is 6.04 Å². The van der Waals surface area contributed by atoms with Crippen LogP contribution in [0.4, 0.5) is 14.5 Å². The number of rotatable bonds is 7. The number of carbonyl (C=O) groups is 3. The molecule has 4 N–H and O–H groups in total. The van der Waals surface area contributed by atoms with Crippen molar-refractivity contribution in [2.24, 2.45) is 5.41 Å². The summed E-state index contributed by atoms with van der Waals surface area (Å²) in [7, 11) is 1.64. The lowest BCUT2D eigenvalue weighted by Crippen LogP contribution is -2.59. The van der Waals surface area contributed by atoms with Crippen molar-refractivity contribution in [3.63, 3.8) is 0 Å². The number of nitrogens with zero attached hydrogens (tertiary/aromatic N) is 1. The van der Waals surface area contributed by atoms with Gasteiger partial charge in [-0.2, -0.15) is 0 Å². The summed E-state index contributed by atoms with van der Waals surface area (Å²) in [4.78, 5) is 40.4. The summed E-state index contributed by atoms with van der Waals surface area (Å²) in [6, 6.07) is 0.701. The van der Waals surface area contributed by atoms with Gasteiger partial charge in [-0.3, -0.25) is 17.9 Å². The summed E-state index contributed by atoms with van der Waals surface area (Å²) >= 11 is 1.94. The standard InChI is InChI=1S/C21H30F2IN5O3/c1-11(25-5)18(30)27-17(21(2,3)4)20(32)29-10-12(28-24)9-15(29)19(31)26-16-13(22)7-6-8-14(16)23/h6-8,11-12,15,17,25,28H,9-10H2,1-5H3,(H,26,31)(H,27,30)/t11-,12-,15-,17+/m0/s1. The zero-order chi connectivity index (χ0) is 24.2. The molecule has 0 bridgehead atoms. The number of halogens is 3. The number of likely N-dealkylation sites (tertiary alicyclic amines) is 1. The van der Waals surface area contributed by atoms with Gasteiger partial charge in [0.2, 0.25) is 17.7 Å². The van der Waals surface area contributed by atoms with Crippen molar-refractivity contribution in [2.75, 3.05) is 18.9 Å². The Balaban J connectivity index is 2.31. The molecule has 1 aliphatic heterocycles. The van der Waals surface area contributed by atoms with Crippen LogP contribution in [0, 0.1) is 17.0 Å². The fourth-order valence-electron chi connectivity index (χ4n) is 3.44. The number of likely N-dealkylation sites (N-methyl/N-ethyl adjacent to an activating group) is 1. The Labute approximate surface area is 200 Å². The summed E-state index contributed by atoms with van der Waals surface area (Å²) < 4.78 is 31.1. The maximum Gasteiger partial charge on any atom is 0.247 e. The van der Waals surface area contributed by atoms with E-state index in [0.717, 1.165) is 12.1 Å². The van der Waals surface area contributed by atoms with Crippen LogP contribution in [0.2, 0.25) is 0 Å². The van der Waals surface area contributed by atoms with Crippen molar-refractivity contribution in [3.8, 4) is 0 Å². The number of hydrogen-bond donors (Lipinski definition) is 4. The molecular weight excluding hydrogens is 535 g/mol. The van der Waals surface area contributed by atoms with E-state index < -0.39 is 52.7 Å². The first-order chi connectivity index (χ1) is 14.9. The molecule has 1 fully saturated rings. The number of nitrogens with one attached hydrogen (secondary N) is 4. The Morgan fingerprint density at radius 3 is 2.28 bits per heavy atom. The normalized spacial score (nSPS) is 20.6. The van der Waals surface area contributed by atoms with E-state index in [4.69, 9.17) is 0 Å². The highest BCUT2D eigenvalue weighted by Gasteiger charge is 2.45. The Morgan fingerprint density at radius 1 is 1.19 bits per heavy atom. The second kappa shape index (κ2) is 10.8. The number of amides is 3. The Morgan fingerprint density at radius 2 is 1.78 bits per heavy atom. The molecule has 32 heavy (non-hydrogen) atoms. The first-order valence-corrected chi connectivity index (χ1v) is 11.4. The van der Waals surface area contributed by atoms with Gasteiger partial charge >= 0.3 is 0 Å². The van der Waals surface area contributed by atoms with E-state index in [9.17, 15) is 23.2 Å². The number of hydrogen-bond acceptors (Lipinski definition) is 5. The molecule has 1 saturated heterocycles. The van der Waals surface area contributed by atoms with E-state index in [1.54, 1.807) is 14.0 Å². The van der Waals surface area contributed by atoms with Gasteiger partial charge in [-0.25, -0.2) is 8.78 Å². The quantitative estimate of drug-likeness (QED) is 0.299. The van der Waals surface area contributed by atoms with Crippen LogP contribution in [0.15, 0.2) is 18.2 Å². The molecule has 0 radical (unpaired) electrons. The summed E-state index contributed by atoms with van der Waals surface area (Å²) in [5.74, 6) is -3.29. The molecule has 1 heterocycles. The highest BCUT2D eigenvalue weighted by atomic mass is 127. The zero-order valence-electron chi connectivity index (χ0n) is 18.8. The van der Waals surface area contributed by atoms with Crippen molar-refractivity contribution in [1.29, 1.82) is 0 Å². The SMILES string of the molecule is CN[C@@H](C)C(=O)N[C@H](C(=O)N1C[C@@H](NI)C[C@H]1C(=O)Nc1c(F)cccc1F)C(C)(C)C. The molecule has 3 amide bonds. The van der Waals surface area contributed by atoms with E-state index in [1.807, 2.05) is 43.6 Å². The molecule has 0 spiro atoms. The number of para-hydroxylation sites is 1. The van der Waals surface area contributed by atoms with Crippen LogP contribution in [0.3, 0.4) is 0 Å². The molecule has 0 aliphatic carbocycles. The molecule has 8 nitrogen and oxygen atoms in total. The number of anilines is 1. The minimum atomic E-state index is -0.961. The van der Waals surface area contributed by atoms with E-state index in [2.05, 4.69) is 19.5 Å². The van der Waals surface area contributed by atoms with Crippen LogP contribution in [0.5, 0.6) is 0 Å². The molecule has 1 aliphatic rings. The topological polar surface area (TPSA) is 103 Å². The van der Waals surface area contributed by atoms with Gasteiger partial charge in [0.15, 0.2) is 0 Å². The fraction of sp³-hybridized carbons (Fsp3) is 0.571. The third-order valence-corrected chi connectivity index (χ3v) is 6.36. The van der Waals surface area contributed by atoms with Crippen molar-refractivity contribution in [1.82, 2.24) is 19.1 Å². The van der Waals surface area contributed by atoms with Gasteiger partial charge in [0, 0.05) is 35.5 Å². The maximum atomic E-state index is 14.0. The first-order valence-electron chi connectivity index (χ1n) is 10.3. The van der Waals surface area contributed by atoms with Crippen molar-refractivity contribution >= 4 is 46.3 Å². The maximum absolute atomic E-state index is 14.0. The minimum Gasteiger partial charge on any atom is -0.342 e. The Hall–Kier alpha value is -1.86. The molecule has 0 aromatic heterocycles. The average Bonchev–Trinajstić information content (AvgIpc) is 3.17. The molecule has 1 aromatic rings. The molecule has 0 saturated carbocycles. The van der Waals surface area contributed by atoms with E-state index in [0.29, 0.717) is 0 Å². The highest BCUT2D eigenvalue weighted by Crippen LogP contribution is 2.28. The first kappa shape index (κ1) is 26.4. The summed E-state index contributed by atoms with van der Waals surface area (Å²) in [5.41, 5.74) is -1.20. The number of carbonyl (C=O) groups excluding carboxylic acids is 3. The van der Waals surface area contributed by atoms with Crippen LogP contribution in [-0.4, -0.2) is 60.4 Å². The van der Waals surface area contributed by atoms with Crippen LogP contribution in [0.25, 0.3) is 0 Å². The summed E-state index contributed by atoms with van der Waals surface area (Å²) in [5, 5.41) is 7.89. The molecule has 1 aromatic carbocycles. The van der Waals surface area contributed by atoms with E-state index in [-0.39, 0.29) is 24.9 Å². The number of benzene rings is 1. The predicted molar refractivity (Wildman–Crippen MR) is 126 cm³/mol. The van der Waals surface area contributed by atoms with Crippen molar-refractivity contribution in [2.45, 2.75) is 58.3 Å². The second-order valence-corrected chi connectivity index (χ2v) is 9.57. The Kier molecular flexibility index (Phi) is 8.94. The van der Waals surface area contributed by atoms with Gasteiger partial charge in [-0.05, 0) is 37.9 Å². The largest absolute Gasteiger partial charge is 0.342 e. The van der Waals surface area contributed by atoms with Crippen molar-refractivity contribution < 1.29 is 23.2 Å². The zero-order valence-corrected chi connectivity index (χ0v) is 20.9. The monoisotopic (exact) mass is 565 g/mol. The molecule has 4 atom stereocenters. The van der Waals surface area contributed by atoms with Crippen LogP contribution >= 0.6 is 22.9 Å². The van der Waals surface area contributed by atoms with Crippen LogP contribution in [0.1, 0.15) is 34.1 Å². The molecule has 0 unspecified atom stereocenters. The van der Waals surface area contributed by atoms with Gasteiger partial charge < -0.3 is 20.9 Å². The average molecular weight is 565 g/mol. The predicted octanol–water partition coefficient (Wildman–Crippen LogP) is 1.95. The molecule has 11 heteroatoms. The van der Waals surface area contributed by atoms with Crippen LogP contribution in [-0.2, 0) is 14.4 Å². The van der Waals surface area contributed by atoms with Gasteiger partial charge in [-0.1, -0.05) is 26.8 Å². The molecule has 2 rings (SSSR count). The van der Waals surface area contributed by atoms with E-state index >= 15 is 0 Å². The van der Waals surface area contributed by atoms with Gasteiger partial charge in [0.1, 0.15) is 29.4 Å². The van der Waals surface area contributed by atoms with Gasteiger partial charge in [-0.15, -0.1) is 0 Å². The molecular formula is C21H30F2IN5O3. The van der Waals surface area contributed by atoms with Crippen LogP contribution < -0.4 is 19.5 Å². The highest BCUT2D eigenvalue weighted by molar-refractivity contribution is 14.1. The second-order valence-electron chi connectivity index (χ2n) is 8.95. The van der Waals surface area contributed by atoms with E-state index in [1.165, 1.54) is 11.0 Å². The van der Waals surface area contributed by atoms with Gasteiger partial charge in [0.25, 0.3) is 0 Å². The third-order valence-electron chi connectivity index (χ3n) is 5.48. The minimum absolute atomic E-state index is 0.201. The van der Waals surface area contributed by atoms with Crippen molar-refractivity contribution in [3.05, 3.63) is 29.8 Å².